The fourth-order valence-electron chi connectivity index (χ4n) is 3.15. The molecule has 0 aliphatic heterocycles. The molecule has 0 saturated heterocycles. The van der Waals surface area contributed by atoms with E-state index in [1.165, 1.54) is 5.69 Å². The second kappa shape index (κ2) is 6.28. The van der Waals surface area contributed by atoms with E-state index in [1.807, 2.05) is 18.2 Å². The first-order valence-electron chi connectivity index (χ1n) is 8.29. The van der Waals surface area contributed by atoms with Crippen LogP contribution in [0, 0.1) is 0 Å². The highest BCUT2D eigenvalue weighted by Crippen LogP contribution is 2.32. The number of methoxy groups -OCH3 is 1. The summed E-state index contributed by atoms with van der Waals surface area (Å²) in [5.74, 6) is -0.0713. The van der Waals surface area contributed by atoms with Gasteiger partial charge in [0, 0.05) is 28.6 Å². The number of aromatic nitrogens is 1. The van der Waals surface area contributed by atoms with Crippen molar-refractivity contribution in [3.05, 3.63) is 65.4 Å². The fourth-order valence-corrected chi connectivity index (χ4v) is 3.15. The third-order valence-corrected chi connectivity index (χ3v) is 4.39. The zero-order valence-corrected chi connectivity index (χ0v) is 15.0. The van der Waals surface area contributed by atoms with Crippen LogP contribution in [0.4, 0.5) is 0 Å². The minimum atomic E-state index is -0.903. The van der Waals surface area contributed by atoms with E-state index >= 15 is 0 Å². The van der Waals surface area contributed by atoms with E-state index in [-0.39, 0.29) is 5.41 Å². The number of nitrogens with zero attached hydrogens (tertiary/aromatic N) is 1. The third-order valence-electron chi connectivity index (χ3n) is 4.39. The molecule has 2 aromatic carbocycles. The standard InChI is InChI=1S/C21H23NO3/c1-21(2,3)19-12-16-11-17(25-4)8-9-18(16)22(19)13-14-6-5-7-15(10-14)20(23)24/h5-12H,13H2,1-4H3,(H,23,24). The summed E-state index contributed by atoms with van der Waals surface area (Å²) in [4.78, 5) is 11.2. The molecule has 0 saturated carbocycles. The van der Waals surface area contributed by atoms with Crippen LogP contribution >= 0.6 is 0 Å². The van der Waals surface area contributed by atoms with Gasteiger partial charge in [0.1, 0.15) is 5.75 Å². The normalized spacial score (nSPS) is 11.7. The topological polar surface area (TPSA) is 51.5 Å². The first-order chi connectivity index (χ1) is 11.8. The number of rotatable bonds is 4. The monoisotopic (exact) mass is 337 g/mol. The molecule has 3 aromatic rings. The summed E-state index contributed by atoms with van der Waals surface area (Å²) in [5, 5.41) is 10.4. The molecule has 0 aliphatic carbocycles. The lowest BCUT2D eigenvalue weighted by Gasteiger charge is -2.22. The summed E-state index contributed by atoms with van der Waals surface area (Å²) in [6.45, 7) is 7.18. The zero-order chi connectivity index (χ0) is 18.2. The van der Waals surface area contributed by atoms with Crippen molar-refractivity contribution >= 4 is 16.9 Å². The second-order valence-electron chi connectivity index (χ2n) is 7.30. The minimum absolute atomic E-state index is 0.0311. The predicted octanol–water partition coefficient (Wildman–Crippen LogP) is 4.69. The average molecular weight is 337 g/mol. The van der Waals surface area contributed by atoms with Gasteiger partial charge >= 0.3 is 5.97 Å². The van der Waals surface area contributed by atoms with Gasteiger partial charge in [-0.05, 0) is 42.0 Å². The maximum atomic E-state index is 11.2. The molecule has 130 valence electrons. The minimum Gasteiger partial charge on any atom is -0.497 e. The lowest BCUT2D eigenvalue weighted by atomic mass is 9.92. The Balaban J connectivity index is 2.13. The number of fused-ring (bicyclic) bond motifs is 1. The second-order valence-corrected chi connectivity index (χ2v) is 7.30. The summed E-state index contributed by atoms with van der Waals surface area (Å²) >= 11 is 0. The summed E-state index contributed by atoms with van der Waals surface area (Å²) in [5.41, 5.74) is 3.58. The number of aromatic carboxylic acids is 1. The van der Waals surface area contributed by atoms with Crippen LogP contribution in [-0.4, -0.2) is 22.8 Å². The van der Waals surface area contributed by atoms with E-state index in [9.17, 15) is 9.90 Å². The van der Waals surface area contributed by atoms with Crippen LogP contribution in [0.1, 0.15) is 42.4 Å². The van der Waals surface area contributed by atoms with Gasteiger partial charge in [-0.1, -0.05) is 32.9 Å². The highest BCUT2D eigenvalue weighted by Gasteiger charge is 2.21. The van der Waals surface area contributed by atoms with Crippen molar-refractivity contribution < 1.29 is 14.6 Å². The number of benzene rings is 2. The summed E-state index contributed by atoms with van der Waals surface area (Å²) in [7, 11) is 1.67. The van der Waals surface area contributed by atoms with Gasteiger partial charge in [0.25, 0.3) is 0 Å². The van der Waals surface area contributed by atoms with Crippen molar-refractivity contribution in [2.24, 2.45) is 0 Å². The zero-order valence-electron chi connectivity index (χ0n) is 15.0. The van der Waals surface area contributed by atoms with Crippen molar-refractivity contribution in [3.63, 3.8) is 0 Å². The van der Waals surface area contributed by atoms with E-state index in [0.29, 0.717) is 12.1 Å². The van der Waals surface area contributed by atoms with Gasteiger partial charge in [-0.25, -0.2) is 4.79 Å². The fraction of sp³-hybridized carbons (Fsp3) is 0.286. The van der Waals surface area contributed by atoms with E-state index < -0.39 is 5.97 Å². The molecule has 0 atom stereocenters. The van der Waals surface area contributed by atoms with Crippen molar-refractivity contribution in [1.82, 2.24) is 4.57 Å². The average Bonchev–Trinajstić information content (AvgIpc) is 2.93. The largest absolute Gasteiger partial charge is 0.497 e. The molecule has 3 rings (SSSR count). The number of carboxylic acid groups (broad SMARTS) is 1. The Bertz CT molecular complexity index is 932. The van der Waals surface area contributed by atoms with Crippen LogP contribution in [0.15, 0.2) is 48.5 Å². The van der Waals surface area contributed by atoms with Gasteiger partial charge in [-0.2, -0.15) is 0 Å². The van der Waals surface area contributed by atoms with E-state index in [2.05, 4.69) is 37.5 Å². The molecule has 4 heteroatoms. The van der Waals surface area contributed by atoms with Gasteiger partial charge < -0.3 is 14.4 Å². The van der Waals surface area contributed by atoms with Crippen LogP contribution in [0.25, 0.3) is 10.9 Å². The number of carboxylic acids is 1. The Morgan fingerprint density at radius 2 is 1.88 bits per heavy atom. The molecule has 0 aliphatic rings. The number of hydrogen-bond donors (Lipinski definition) is 1. The van der Waals surface area contributed by atoms with E-state index in [0.717, 1.165) is 22.2 Å². The van der Waals surface area contributed by atoms with Crippen LogP contribution in [-0.2, 0) is 12.0 Å². The van der Waals surface area contributed by atoms with Crippen molar-refractivity contribution in [1.29, 1.82) is 0 Å². The predicted molar refractivity (Wildman–Crippen MR) is 99.7 cm³/mol. The Hall–Kier alpha value is -2.75. The number of carbonyl (C=O) groups is 1. The molecule has 1 aromatic heterocycles. The molecule has 0 amide bonds. The highest BCUT2D eigenvalue weighted by molar-refractivity contribution is 5.87. The van der Waals surface area contributed by atoms with Gasteiger partial charge in [0.2, 0.25) is 0 Å². The Kier molecular flexibility index (Phi) is 4.29. The highest BCUT2D eigenvalue weighted by atomic mass is 16.5. The van der Waals surface area contributed by atoms with Crippen LogP contribution in [0.2, 0.25) is 0 Å². The summed E-state index contributed by atoms with van der Waals surface area (Å²) < 4.78 is 7.60. The SMILES string of the molecule is COc1ccc2c(c1)cc(C(C)(C)C)n2Cc1cccc(C(=O)O)c1. The van der Waals surface area contributed by atoms with Gasteiger partial charge in [-0.3, -0.25) is 0 Å². The molecule has 4 nitrogen and oxygen atoms in total. The third kappa shape index (κ3) is 3.38. The summed E-state index contributed by atoms with van der Waals surface area (Å²) in [6, 6.07) is 15.4. The molecule has 0 spiro atoms. The molecule has 0 unspecified atom stereocenters. The van der Waals surface area contributed by atoms with Crippen molar-refractivity contribution in [2.45, 2.75) is 32.7 Å². The van der Waals surface area contributed by atoms with Crippen LogP contribution in [0.5, 0.6) is 5.75 Å². The van der Waals surface area contributed by atoms with Gasteiger partial charge in [0.05, 0.1) is 12.7 Å². The van der Waals surface area contributed by atoms with E-state index in [4.69, 9.17) is 4.74 Å². The first kappa shape index (κ1) is 17.1. The molecular weight excluding hydrogens is 314 g/mol. The molecule has 1 heterocycles. The van der Waals surface area contributed by atoms with Crippen molar-refractivity contribution in [3.8, 4) is 5.75 Å². The van der Waals surface area contributed by atoms with Crippen LogP contribution < -0.4 is 4.74 Å². The Morgan fingerprint density at radius 3 is 2.52 bits per heavy atom. The smallest absolute Gasteiger partial charge is 0.335 e. The molecule has 25 heavy (non-hydrogen) atoms. The molecule has 0 radical (unpaired) electrons. The van der Waals surface area contributed by atoms with Gasteiger partial charge in [0.15, 0.2) is 0 Å². The van der Waals surface area contributed by atoms with Crippen LogP contribution in [0.3, 0.4) is 0 Å². The lowest BCUT2D eigenvalue weighted by Crippen LogP contribution is -2.18. The van der Waals surface area contributed by atoms with Gasteiger partial charge in [-0.15, -0.1) is 0 Å². The Labute approximate surface area is 147 Å². The molecule has 0 fully saturated rings. The number of ether oxygens (including phenoxy) is 1. The maximum absolute atomic E-state index is 11.2. The van der Waals surface area contributed by atoms with E-state index in [1.54, 1.807) is 25.3 Å². The summed E-state index contributed by atoms with van der Waals surface area (Å²) in [6.07, 6.45) is 0. The molecule has 1 N–H and O–H groups in total. The lowest BCUT2D eigenvalue weighted by molar-refractivity contribution is 0.0696. The first-order valence-corrected chi connectivity index (χ1v) is 8.29. The van der Waals surface area contributed by atoms with Crippen molar-refractivity contribution in [2.75, 3.05) is 7.11 Å². The quantitative estimate of drug-likeness (QED) is 0.751. The molecular formula is C21H23NO3. The maximum Gasteiger partial charge on any atom is 0.335 e. The molecule has 0 bridgehead atoms. The Morgan fingerprint density at radius 1 is 1.12 bits per heavy atom. The number of hydrogen-bond acceptors (Lipinski definition) is 2.